The highest BCUT2D eigenvalue weighted by atomic mass is 19.4. The summed E-state index contributed by atoms with van der Waals surface area (Å²) in [5, 5.41) is 2.45. The van der Waals surface area contributed by atoms with Gasteiger partial charge in [-0.2, -0.15) is 13.2 Å². The summed E-state index contributed by atoms with van der Waals surface area (Å²) in [7, 11) is 2.84. The van der Waals surface area contributed by atoms with Gasteiger partial charge in [-0.15, -0.1) is 0 Å². The topological polar surface area (TPSA) is 30.5 Å². The Bertz CT molecular complexity index is 433. The lowest BCUT2D eigenvalue weighted by Gasteiger charge is -2.24. The first-order chi connectivity index (χ1) is 8.85. The molecule has 0 spiro atoms. The minimum absolute atomic E-state index is 0.145. The Kier molecular flexibility index (Phi) is 5.05. The van der Waals surface area contributed by atoms with Gasteiger partial charge in [-0.25, -0.2) is 0 Å². The molecule has 19 heavy (non-hydrogen) atoms. The Labute approximate surface area is 110 Å². The van der Waals surface area contributed by atoms with Crippen molar-refractivity contribution in [1.29, 1.82) is 0 Å². The SMILES string of the molecule is CCNC(c1cc(OC)c(OC)cc1C)C(F)(F)F. The summed E-state index contributed by atoms with van der Waals surface area (Å²) in [6, 6.07) is 1.21. The minimum Gasteiger partial charge on any atom is -0.493 e. The molecule has 0 heterocycles. The number of alkyl halides is 3. The maximum Gasteiger partial charge on any atom is 0.407 e. The van der Waals surface area contributed by atoms with E-state index < -0.39 is 12.2 Å². The van der Waals surface area contributed by atoms with Crippen LogP contribution in [0.25, 0.3) is 0 Å². The van der Waals surface area contributed by atoms with Crippen molar-refractivity contribution in [3.05, 3.63) is 23.3 Å². The molecule has 1 aromatic rings. The van der Waals surface area contributed by atoms with Gasteiger partial charge >= 0.3 is 6.18 Å². The molecule has 0 aliphatic carbocycles. The largest absolute Gasteiger partial charge is 0.493 e. The summed E-state index contributed by atoms with van der Waals surface area (Å²) < 4.78 is 49.3. The van der Waals surface area contributed by atoms with Gasteiger partial charge in [0.05, 0.1) is 14.2 Å². The number of ether oxygens (including phenoxy) is 2. The number of benzene rings is 1. The Morgan fingerprint density at radius 2 is 1.68 bits per heavy atom. The smallest absolute Gasteiger partial charge is 0.407 e. The summed E-state index contributed by atoms with van der Waals surface area (Å²) >= 11 is 0. The lowest BCUT2D eigenvalue weighted by Crippen LogP contribution is -2.34. The van der Waals surface area contributed by atoms with Crippen molar-refractivity contribution >= 4 is 0 Å². The van der Waals surface area contributed by atoms with E-state index in [2.05, 4.69) is 5.32 Å². The van der Waals surface area contributed by atoms with Gasteiger partial charge in [0.2, 0.25) is 0 Å². The van der Waals surface area contributed by atoms with Crippen molar-refractivity contribution in [3.63, 3.8) is 0 Å². The van der Waals surface area contributed by atoms with Crippen molar-refractivity contribution in [2.24, 2.45) is 0 Å². The van der Waals surface area contributed by atoms with E-state index in [-0.39, 0.29) is 17.9 Å². The molecule has 6 heteroatoms. The monoisotopic (exact) mass is 277 g/mol. The van der Waals surface area contributed by atoms with Crippen LogP contribution in [-0.4, -0.2) is 26.9 Å². The third-order valence-electron chi connectivity index (χ3n) is 2.82. The summed E-state index contributed by atoms with van der Waals surface area (Å²) in [6.07, 6.45) is -4.36. The molecule has 3 nitrogen and oxygen atoms in total. The molecule has 1 N–H and O–H groups in total. The second-order valence-electron chi connectivity index (χ2n) is 4.10. The van der Waals surface area contributed by atoms with Crippen LogP contribution in [0, 0.1) is 6.92 Å². The van der Waals surface area contributed by atoms with Crippen LogP contribution in [0.4, 0.5) is 13.2 Å². The van der Waals surface area contributed by atoms with Gasteiger partial charge in [0.1, 0.15) is 6.04 Å². The van der Waals surface area contributed by atoms with Crippen molar-refractivity contribution in [2.75, 3.05) is 20.8 Å². The van der Waals surface area contributed by atoms with E-state index in [0.29, 0.717) is 11.3 Å². The molecule has 0 aliphatic rings. The van der Waals surface area contributed by atoms with Crippen molar-refractivity contribution in [1.82, 2.24) is 5.32 Å². The number of methoxy groups -OCH3 is 2. The van der Waals surface area contributed by atoms with Gasteiger partial charge < -0.3 is 14.8 Å². The summed E-state index contributed by atoms with van der Waals surface area (Å²) in [5.74, 6) is 0.705. The average molecular weight is 277 g/mol. The van der Waals surface area contributed by atoms with E-state index in [4.69, 9.17) is 9.47 Å². The second-order valence-corrected chi connectivity index (χ2v) is 4.10. The first kappa shape index (κ1) is 15.6. The molecule has 1 rings (SSSR count). The predicted molar refractivity (Wildman–Crippen MR) is 66.8 cm³/mol. The fourth-order valence-electron chi connectivity index (χ4n) is 1.91. The van der Waals surface area contributed by atoms with E-state index in [9.17, 15) is 13.2 Å². The van der Waals surface area contributed by atoms with Crippen molar-refractivity contribution < 1.29 is 22.6 Å². The fourth-order valence-corrected chi connectivity index (χ4v) is 1.91. The number of halogens is 3. The highest BCUT2D eigenvalue weighted by molar-refractivity contribution is 5.48. The van der Waals surface area contributed by atoms with Crippen LogP contribution in [0.5, 0.6) is 11.5 Å². The first-order valence-corrected chi connectivity index (χ1v) is 5.87. The minimum atomic E-state index is -4.36. The molecule has 0 aliphatic heterocycles. The van der Waals surface area contributed by atoms with Gasteiger partial charge in [0, 0.05) is 0 Å². The Morgan fingerprint density at radius 1 is 1.16 bits per heavy atom. The number of hydrogen-bond acceptors (Lipinski definition) is 3. The molecule has 0 saturated carbocycles. The molecule has 0 bridgehead atoms. The summed E-state index contributed by atoms with van der Waals surface area (Å²) in [5.41, 5.74) is 0.646. The standard InChI is InChI=1S/C13H18F3NO2/c1-5-17-12(13(14,15)16)9-7-11(19-4)10(18-3)6-8(9)2/h6-7,12,17H,5H2,1-4H3. The van der Waals surface area contributed by atoms with Gasteiger partial charge in [0.15, 0.2) is 11.5 Å². The molecule has 0 radical (unpaired) electrons. The van der Waals surface area contributed by atoms with E-state index in [1.165, 1.54) is 20.3 Å². The molecule has 0 amide bonds. The molecule has 0 saturated heterocycles. The molecular weight excluding hydrogens is 259 g/mol. The molecule has 1 atom stereocenters. The number of rotatable bonds is 5. The van der Waals surface area contributed by atoms with E-state index in [1.807, 2.05) is 0 Å². The lowest BCUT2D eigenvalue weighted by atomic mass is 9.99. The maximum absolute atomic E-state index is 13.1. The van der Waals surface area contributed by atoms with Crippen molar-refractivity contribution in [3.8, 4) is 11.5 Å². The average Bonchev–Trinajstić information content (AvgIpc) is 2.34. The molecule has 0 aromatic heterocycles. The zero-order valence-corrected chi connectivity index (χ0v) is 11.4. The van der Waals surface area contributed by atoms with Crippen molar-refractivity contribution in [2.45, 2.75) is 26.1 Å². The highest BCUT2D eigenvalue weighted by Crippen LogP contribution is 2.39. The van der Waals surface area contributed by atoms with E-state index >= 15 is 0 Å². The normalized spacial score (nSPS) is 13.2. The first-order valence-electron chi connectivity index (χ1n) is 5.87. The van der Waals surface area contributed by atoms with Crippen LogP contribution in [0.3, 0.4) is 0 Å². The predicted octanol–water partition coefficient (Wildman–Crippen LogP) is 3.23. The van der Waals surface area contributed by atoms with E-state index in [1.54, 1.807) is 19.9 Å². The van der Waals surface area contributed by atoms with Gasteiger partial charge in [0.25, 0.3) is 0 Å². The molecule has 108 valence electrons. The highest BCUT2D eigenvalue weighted by Gasteiger charge is 2.41. The van der Waals surface area contributed by atoms with Crippen LogP contribution in [-0.2, 0) is 0 Å². The lowest BCUT2D eigenvalue weighted by molar-refractivity contribution is -0.157. The van der Waals surface area contributed by atoms with Crippen LogP contribution < -0.4 is 14.8 Å². The number of aryl methyl sites for hydroxylation is 1. The van der Waals surface area contributed by atoms with Crippen LogP contribution in [0.2, 0.25) is 0 Å². The Balaban J connectivity index is 3.30. The third-order valence-corrected chi connectivity index (χ3v) is 2.82. The van der Waals surface area contributed by atoms with Gasteiger partial charge in [-0.1, -0.05) is 6.92 Å². The number of hydrogen-bond donors (Lipinski definition) is 1. The molecule has 1 aromatic carbocycles. The second kappa shape index (κ2) is 6.14. The molecule has 1 unspecified atom stereocenters. The van der Waals surface area contributed by atoms with Crippen LogP contribution >= 0.6 is 0 Å². The zero-order chi connectivity index (χ0) is 14.6. The molecule has 0 fully saturated rings. The van der Waals surface area contributed by atoms with Crippen LogP contribution in [0.1, 0.15) is 24.1 Å². The zero-order valence-electron chi connectivity index (χ0n) is 11.4. The van der Waals surface area contributed by atoms with E-state index in [0.717, 1.165) is 0 Å². The maximum atomic E-state index is 13.1. The third kappa shape index (κ3) is 3.53. The molecular formula is C13H18F3NO2. The Morgan fingerprint density at radius 3 is 2.11 bits per heavy atom. The number of nitrogens with one attached hydrogen (secondary N) is 1. The Hall–Kier alpha value is -1.43. The summed E-state index contributed by atoms with van der Waals surface area (Å²) in [4.78, 5) is 0. The van der Waals surface area contributed by atoms with Crippen LogP contribution in [0.15, 0.2) is 12.1 Å². The van der Waals surface area contributed by atoms with Gasteiger partial charge in [-0.05, 0) is 36.7 Å². The van der Waals surface area contributed by atoms with Gasteiger partial charge in [-0.3, -0.25) is 0 Å². The fraction of sp³-hybridized carbons (Fsp3) is 0.538. The quantitative estimate of drug-likeness (QED) is 0.896. The summed E-state index contributed by atoms with van der Waals surface area (Å²) in [6.45, 7) is 3.47.